The maximum atomic E-state index is 13.0. The second kappa shape index (κ2) is 7.64. The quantitative estimate of drug-likeness (QED) is 0.547. The van der Waals surface area contributed by atoms with Gasteiger partial charge >= 0.3 is 6.03 Å². The third kappa shape index (κ3) is 3.42. The molecule has 152 valence electrons. The van der Waals surface area contributed by atoms with Crippen molar-refractivity contribution >= 4 is 29.4 Å². The number of urea groups is 1. The number of benzene rings is 2. The molecule has 3 aromatic rings. The standard InChI is InChI=1S/C21H18ClN5O3/c1-27-11-10-23-18(27)21(19(29)25-20(30)26-21)12-24-17(28)16-5-3-2-4-15(16)13-6-8-14(22)9-7-13/h2-11H,12H2,1H3,(H,24,28)(H2,25,26,29,30). The van der Waals surface area contributed by atoms with E-state index in [1.807, 2.05) is 24.3 Å². The van der Waals surface area contributed by atoms with Crippen LogP contribution >= 0.6 is 11.6 Å². The Balaban J connectivity index is 1.63. The maximum Gasteiger partial charge on any atom is 0.322 e. The van der Waals surface area contributed by atoms with Gasteiger partial charge in [-0.25, -0.2) is 9.78 Å². The summed E-state index contributed by atoms with van der Waals surface area (Å²) in [5, 5.41) is 8.20. The molecule has 0 aliphatic carbocycles. The summed E-state index contributed by atoms with van der Waals surface area (Å²) in [7, 11) is 1.71. The Bertz CT molecular complexity index is 1140. The number of nitrogens with zero attached hydrogens (tertiary/aromatic N) is 2. The summed E-state index contributed by atoms with van der Waals surface area (Å²) in [4.78, 5) is 41.7. The van der Waals surface area contributed by atoms with E-state index in [4.69, 9.17) is 11.6 Å². The van der Waals surface area contributed by atoms with Gasteiger partial charge in [0.05, 0.1) is 6.54 Å². The van der Waals surface area contributed by atoms with Gasteiger partial charge in [0.1, 0.15) is 5.82 Å². The lowest BCUT2D eigenvalue weighted by atomic mass is 9.96. The molecule has 1 unspecified atom stereocenters. The molecule has 1 aromatic heterocycles. The fraction of sp³-hybridized carbons (Fsp3) is 0.143. The van der Waals surface area contributed by atoms with Crippen molar-refractivity contribution in [3.8, 4) is 11.1 Å². The second-order valence-corrected chi connectivity index (χ2v) is 7.35. The first kappa shape index (κ1) is 19.7. The summed E-state index contributed by atoms with van der Waals surface area (Å²) in [6.45, 7) is -0.163. The molecule has 0 radical (unpaired) electrons. The van der Waals surface area contributed by atoms with Crippen LogP contribution in [0.3, 0.4) is 0 Å². The normalized spacial score (nSPS) is 18.1. The molecular weight excluding hydrogens is 406 g/mol. The van der Waals surface area contributed by atoms with Crippen LogP contribution in [0.1, 0.15) is 16.2 Å². The van der Waals surface area contributed by atoms with Crippen LogP contribution in [0.4, 0.5) is 4.79 Å². The zero-order valence-electron chi connectivity index (χ0n) is 16.0. The van der Waals surface area contributed by atoms with Gasteiger partial charge in [0, 0.05) is 30.0 Å². The molecule has 1 fully saturated rings. The van der Waals surface area contributed by atoms with Gasteiger partial charge in [0.25, 0.3) is 11.8 Å². The highest BCUT2D eigenvalue weighted by atomic mass is 35.5. The van der Waals surface area contributed by atoms with Crippen LogP contribution in [0.25, 0.3) is 11.1 Å². The fourth-order valence-electron chi connectivity index (χ4n) is 3.50. The Labute approximate surface area is 177 Å². The van der Waals surface area contributed by atoms with Gasteiger partial charge in [-0.2, -0.15) is 0 Å². The van der Waals surface area contributed by atoms with Crippen molar-refractivity contribution in [2.24, 2.45) is 7.05 Å². The number of imidazole rings is 1. The number of hydrogen-bond acceptors (Lipinski definition) is 4. The van der Waals surface area contributed by atoms with Gasteiger partial charge in [0.15, 0.2) is 5.54 Å². The van der Waals surface area contributed by atoms with Crippen LogP contribution in [-0.2, 0) is 17.4 Å². The summed E-state index contributed by atoms with van der Waals surface area (Å²) >= 11 is 5.97. The van der Waals surface area contributed by atoms with Crippen LogP contribution in [0.15, 0.2) is 60.9 Å². The highest BCUT2D eigenvalue weighted by molar-refractivity contribution is 6.30. The van der Waals surface area contributed by atoms with E-state index in [1.165, 1.54) is 6.20 Å². The van der Waals surface area contributed by atoms with E-state index in [1.54, 1.807) is 42.1 Å². The first-order valence-electron chi connectivity index (χ1n) is 9.15. The monoisotopic (exact) mass is 423 g/mol. The molecule has 0 spiro atoms. The maximum absolute atomic E-state index is 13.0. The van der Waals surface area contributed by atoms with Gasteiger partial charge in [-0.05, 0) is 29.3 Å². The molecule has 3 N–H and O–H groups in total. The predicted octanol–water partition coefficient (Wildman–Crippen LogP) is 2.21. The lowest BCUT2D eigenvalue weighted by molar-refractivity contribution is -0.124. The average Bonchev–Trinajstić information content (AvgIpc) is 3.29. The van der Waals surface area contributed by atoms with Gasteiger partial charge < -0.3 is 15.2 Å². The zero-order valence-corrected chi connectivity index (χ0v) is 16.7. The first-order chi connectivity index (χ1) is 14.4. The topological polar surface area (TPSA) is 105 Å². The van der Waals surface area contributed by atoms with Gasteiger partial charge in [-0.3, -0.25) is 14.9 Å². The van der Waals surface area contributed by atoms with E-state index >= 15 is 0 Å². The minimum atomic E-state index is -1.50. The first-order valence-corrected chi connectivity index (χ1v) is 9.53. The van der Waals surface area contributed by atoms with Crippen molar-refractivity contribution in [1.29, 1.82) is 0 Å². The summed E-state index contributed by atoms with van der Waals surface area (Å²) < 4.78 is 1.62. The number of carbonyl (C=O) groups is 3. The molecule has 1 aliphatic rings. The van der Waals surface area contributed by atoms with Crippen LogP contribution in [-0.4, -0.2) is 33.9 Å². The van der Waals surface area contributed by atoms with Crippen LogP contribution in [0, 0.1) is 0 Å². The lowest BCUT2D eigenvalue weighted by Crippen LogP contribution is -2.54. The highest BCUT2D eigenvalue weighted by Crippen LogP contribution is 2.26. The molecule has 2 aromatic carbocycles. The van der Waals surface area contributed by atoms with E-state index in [0.717, 1.165) is 11.1 Å². The number of rotatable bonds is 5. The summed E-state index contributed by atoms with van der Waals surface area (Å²) in [6.07, 6.45) is 3.18. The molecule has 0 saturated carbocycles. The predicted molar refractivity (Wildman–Crippen MR) is 111 cm³/mol. The molecule has 2 heterocycles. The van der Waals surface area contributed by atoms with Crippen molar-refractivity contribution in [1.82, 2.24) is 25.5 Å². The van der Waals surface area contributed by atoms with Gasteiger partial charge in [0.2, 0.25) is 0 Å². The van der Waals surface area contributed by atoms with Crippen LogP contribution in [0.2, 0.25) is 5.02 Å². The Kier molecular flexibility index (Phi) is 5.01. The van der Waals surface area contributed by atoms with E-state index in [2.05, 4.69) is 20.9 Å². The van der Waals surface area contributed by atoms with Crippen molar-refractivity contribution in [3.05, 3.63) is 77.3 Å². The molecule has 1 saturated heterocycles. The number of imide groups is 1. The third-order valence-electron chi connectivity index (χ3n) is 4.99. The number of hydrogen-bond donors (Lipinski definition) is 3. The second-order valence-electron chi connectivity index (χ2n) is 6.91. The minimum Gasteiger partial charge on any atom is -0.349 e. The number of aromatic nitrogens is 2. The SMILES string of the molecule is Cn1ccnc1C1(CNC(=O)c2ccccc2-c2ccc(Cl)cc2)NC(=O)NC1=O. The molecule has 8 nitrogen and oxygen atoms in total. The summed E-state index contributed by atoms with van der Waals surface area (Å²) in [6, 6.07) is 13.6. The fourth-order valence-corrected chi connectivity index (χ4v) is 3.63. The van der Waals surface area contributed by atoms with E-state index < -0.39 is 17.5 Å². The molecule has 1 atom stereocenters. The molecular formula is C21H18ClN5O3. The van der Waals surface area contributed by atoms with Crippen molar-refractivity contribution in [2.45, 2.75) is 5.54 Å². The van der Waals surface area contributed by atoms with Crippen molar-refractivity contribution in [2.75, 3.05) is 6.54 Å². The Morgan fingerprint density at radius 3 is 2.53 bits per heavy atom. The average molecular weight is 424 g/mol. The number of aryl methyl sites for hydroxylation is 1. The molecule has 1 aliphatic heterocycles. The van der Waals surface area contributed by atoms with E-state index in [-0.39, 0.29) is 12.5 Å². The molecule has 30 heavy (non-hydrogen) atoms. The Morgan fingerprint density at radius 2 is 1.90 bits per heavy atom. The third-order valence-corrected chi connectivity index (χ3v) is 5.24. The van der Waals surface area contributed by atoms with E-state index in [0.29, 0.717) is 16.4 Å². The summed E-state index contributed by atoms with van der Waals surface area (Å²) in [5.74, 6) is -0.645. The number of amides is 4. The van der Waals surface area contributed by atoms with E-state index in [9.17, 15) is 14.4 Å². The number of halogens is 1. The Hall–Kier alpha value is -3.65. The zero-order chi connectivity index (χ0) is 21.3. The van der Waals surface area contributed by atoms with Crippen molar-refractivity contribution < 1.29 is 14.4 Å². The minimum absolute atomic E-state index is 0.163. The van der Waals surface area contributed by atoms with Gasteiger partial charge in [-0.1, -0.05) is 41.9 Å². The van der Waals surface area contributed by atoms with Crippen molar-refractivity contribution in [3.63, 3.8) is 0 Å². The molecule has 4 amide bonds. The Morgan fingerprint density at radius 1 is 1.17 bits per heavy atom. The number of carbonyl (C=O) groups excluding carboxylic acids is 3. The summed E-state index contributed by atoms with van der Waals surface area (Å²) in [5.41, 5.74) is 0.480. The lowest BCUT2D eigenvalue weighted by Gasteiger charge is -2.26. The smallest absolute Gasteiger partial charge is 0.322 e. The molecule has 4 rings (SSSR count). The highest BCUT2D eigenvalue weighted by Gasteiger charge is 2.50. The molecule has 0 bridgehead atoms. The van der Waals surface area contributed by atoms with Crippen LogP contribution < -0.4 is 16.0 Å². The van der Waals surface area contributed by atoms with Gasteiger partial charge in [-0.15, -0.1) is 0 Å². The van der Waals surface area contributed by atoms with Crippen LogP contribution in [0.5, 0.6) is 0 Å². The number of nitrogens with one attached hydrogen (secondary N) is 3. The largest absolute Gasteiger partial charge is 0.349 e. The molecule has 9 heteroatoms.